The van der Waals surface area contributed by atoms with Crippen molar-refractivity contribution < 1.29 is 23.7 Å². The van der Waals surface area contributed by atoms with Crippen LogP contribution in [0.5, 0.6) is 17.2 Å². The first kappa shape index (κ1) is 28.9. The molecule has 1 atom stereocenters. The quantitative estimate of drug-likeness (QED) is 0.249. The number of nitrogens with zero attached hydrogens (tertiary/aromatic N) is 2. The molecule has 2 heterocycles. The molecule has 0 radical (unpaired) electrons. The van der Waals surface area contributed by atoms with E-state index in [-0.39, 0.29) is 12.2 Å². The molecule has 1 aliphatic heterocycles. The monoisotopic (exact) mass is 584 g/mol. The van der Waals surface area contributed by atoms with Gasteiger partial charge in [0, 0.05) is 0 Å². The summed E-state index contributed by atoms with van der Waals surface area (Å²) in [4.78, 5) is 32.2. The molecule has 1 aliphatic rings. The molecule has 4 aromatic rings. The number of allylic oxidation sites excluding steroid dienone is 1. The summed E-state index contributed by atoms with van der Waals surface area (Å²) >= 11 is 1.27. The Kier molecular flexibility index (Phi) is 8.88. The van der Waals surface area contributed by atoms with Crippen LogP contribution in [0.1, 0.15) is 43.5 Å². The van der Waals surface area contributed by atoms with Gasteiger partial charge in [-0.05, 0) is 67.8 Å². The Morgan fingerprint density at radius 2 is 1.74 bits per heavy atom. The van der Waals surface area contributed by atoms with Crippen molar-refractivity contribution in [1.82, 2.24) is 4.57 Å². The molecule has 0 aliphatic carbocycles. The van der Waals surface area contributed by atoms with Crippen LogP contribution in [0.4, 0.5) is 0 Å². The molecule has 1 unspecified atom stereocenters. The van der Waals surface area contributed by atoms with Gasteiger partial charge in [-0.15, -0.1) is 0 Å². The number of benzene rings is 3. The number of hydrogen-bond acceptors (Lipinski definition) is 8. The van der Waals surface area contributed by atoms with Crippen LogP contribution in [0.15, 0.2) is 93.9 Å². The molecule has 8 nitrogen and oxygen atoms in total. The van der Waals surface area contributed by atoms with E-state index in [1.807, 2.05) is 73.7 Å². The minimum atomic E-state index is -0.693. The predicted molar refractivity (Wildman–Crippen MR) is 162 cm³/mol. The molecule has 3 aromatic carbocycles. The normalized spacial score (nSPS) is 14.7. The smallest absolute Gasteiger partial charge is 0.338 e. The highest BCUT2D eigenvalue weighted by Crippen LogP contribution is 2.32. The summed E-state index contributed by atoms with van der Waals surface area (Å²) in [6.07, 6.45) is 1.81. The van der Waals surface area contributed by atoms with Crippen LogP contribution in [-0.4, -0.2) is 30.9 Å². The van der Waals surface area contributed by atoms with Gasteiger partial charge in [-0.1, -0.05) is 59.9 Å². The van der Waals surface area contributed by atoms with Crippen LogP contribution in [0.2, 0.25) is 0 Å². The average molecular weight is 585 g/mol. The first-order valence-electron chi connectivity index (χ1n) is 13.7. The second-order valence-electron chi connectivity index (χ2n) is 9.49. The van der Waals surface area contributed by atoms with Crippen molar-refractivity contribution >= 4 is 23.4 Å². The average Bonchev–Trinajstić information content (AvgIpc) is 3.30. The first-order valence-corrected chi connectivity index (χ1v) is 14.5. The Labute approximate surface area is 247 Å². The number of rotatable bonds is 10. The number of thiazole rings is 1. The molecule has 0 fully saturated rings. The van der Waals surface area contributed by atoms with Crippen LogP contribution in [0.25, 0.3) is 6.08 Å². The zero-order chi connectivity index (χ0) is 29.6. The minimum absolute atomic E-state index is 0.211. The summed E-state index contributed by atoms with van der Waals surface area (Å²) < 4.78 is 24.6. The van der Waals surface area contributed by atoms with E-state index >= 15 is 0 Å². The lowest BCUT2D eigenvalue weighted by molar-refractivity contribution is -0.139. The van der Waals surface area contributed by atoms with Crippen LogP contribution in [-0.2, 0) is 16.1 Å². The lowest BCUT2D eigenvalue weighted by atomic mass is 9.96. The van der Waals surface area contributed by atoms with E-state index in [2.05, 4.69) is 4.99 Å². The molecule has 0 N–H and O–H groups in total. The Morgan fingerprint density at radius 3 is 2.43 bits per heavy atom. The van der Waals surface area contributed by atoms with Crippen molar-refractivity contribution in [3.8, 4) is 17.2 Å². The highest BCUT2D eigenvalue weighted by molar-refractivity contribution is 7.07. The van der Waals surface area contributed by atoms with Crippen LogP contribution in [0.3, 0.4) is 0 Å². The Balaban J connectivity index is 1.56. The lowest BCUT2D eigenvalue weighted by Gasteiger charge is -2.24. The molecule has 0 amide bonds. The van der Waals surface area contributed by atoms with Gasteiger partial charge >= 0.3 is 5.97 Å². The standard InChI is InChI=1S/C33H32N2O6S/c1-5-39-27-18-23(12-17-26(27)41-20-22-10-8-7-9-11-22)19-28-31(36)35-30(24-13-15-25(38-4)16-14-24)29(32(37)40-6-2)21(3)34-33(35)42-28/h7-19,30H,5-6,20H2,1-4H3. The van der Waals surface area contributed by atoms with E-state index in [4.69, 9.17) is 18.9 Å². The van der Waals surface area contributed by atoms with E-state index in [9.17, 15) is 9.59 Å². The zero-order valence-electron chi connectivity index (χ0n) is 24.0. The Morgan fingerprint density at radius 1 is 0.976 bits per heavy atom. The summed E-state index contributed by atoms with van der Waals surface area (Å²) in [6.45, 7) is 6.51. The van der Waals surface area contributed by atoms with Gasteiger partial charge in [0.1, 0.15) is 12.4 Å². The highest BCUT2D eigenvalue weighted by Gasteiger charge is 2.33. The van der Waals surface area contributed by atoms with E-state index in [1.54, 1.807) is 37.7 Å². The van der Waals surface area contributed by atoms with Gasteiger partial charge in [0.25, 0.3) is 5.56 Å². The molecule has 42 heavy (non-hydrogen) atoms. The van der Waals surface area contributed by atoms with Crippen LogP contribution < -0.4 is 29.1 Å². The molecule has 0 saturated heterocycles. The fourth-order valence-corrected chi connectivity index (χ4v) is 5.83. The predicted octanol–water partition coefficient (Wildman–Crippen LogP) is 4.78. The van der Waals surface area contributed by atoms with Gasteiger partial charge < -0.3 is 18.9 Å². The third-order valence-corrected chi connectivity index (χ3v) is 7.73. The number of carbonyl (C=O) groups is 1. The third kappa shape index (κ3) is 6.01. The SMILES string of the molecule is CCOC(=O)C1=C(C)N=c2sc(=Cc3ccc(OCc4ccccc4)c(OCC)c3)c(=O)n2C1c1ccc(OC)cc1. The molecule has 9 heteroatoms. The maximum atomic E-state index is 13.9. The summed E-state index contributed by atoms with van der Waals surface area (Å²) in [5, 5.41) is 0. The van der Waals surface area contributed by atoms with Crippen molar-refractivity contribution in [3.63, 3.8) is 0 Å². The Hall–Kier alpha value is -4.63. The number of methoxy groups -OCH3 is 1. The van der Waals surface area contributed by atoms with Crippen molar-refractivity contribution in [3.05, 3.63) is 120 Å². The van der Waals surface area contributed by atoms with E-state index < -0.39 is 12.0 Å². The second-order valence-corrected chi connectivity index (χ2v) is 10.5. The molecule has 0 spiro atoms. The van der Waals surface area contributed by atoms with E-state index in [1.165, 1.54) is 11.3 Å². The lowest BCUT2D eigenvalue weighted by Crippen LogP contribution is -2.39. The van der Waals surface area contributed by atoms with Crippen molar-refractivity contribution in [2.45, 2.75) is 33.4 Å². The Bertz CT molecular complexity index is 1790. The van der Waals surface area contributed by atoms with Gasteiger partial charge in [0.05, 0.1) is 42.2 Å². The molecule has 0 bridgehead atoms. The summed E-state index contributed by atoms with van der Waals surface area (Å²) in [5.41, 5.74) is 3.17. The minimum Gasteiger partial charge on any atom is -0.497 e. The first-order chi connectivity index (χ1) is 20.4. The summed E-state index contributed by atoms with van der Waals surface area (Å²) in [5.74, 6) is 1.38. The van der Waals surface area contributed by atoms with Crippen molar-refractivity contribution in [1.29, 1.82) is 0 Å². The third-order valence-electron chi connectivity index (χ3n) is 6.75. The maximum Gasteiger partial charge on any atom is 0.338 e. The largest absolute Gasteiger partial charge is 0.497 e. The topological polar surface area (TPSA) is 88.4 Å². The van der Waals surface area contributed by atoms with Gasteiger partial charge in [0.2, 0.25) is 0 Å². The molecule has 0 saturated carbocycles. The fraction of sp³-hybridized carbons (Fsp3) is 0.242. The number of hydrogen-bond donors (Lipinski definition) is 0. The number of ether oxygens (including phenoxy) is 4. The van der Waals surface area contributed by atoms with Gasteiger partial charge in [0.15, 0.2) is 16.3 Å². The van der Waals surface area contributed by atoms with E-state index in [0.29, 0.717) is 51.1 Å². The molecular weight excluding hydrogens is 552 g/mol. The number of aromatic nitrogens is 1. The molecule has 1 aromatic heterocycles. The van der Waals surface area contributed by atoms with Gasteiger partial charge in [-0.2, -0.15) is 0 Å². The highest BCUT2D eigenvalue weighted by atomic mass is 32.1. The number of fused-ring (bicyclic) bond motifs is 1. The van der Waals surface area contributed by atoms with Crippen LogP contribution in [0, 0.1) is 0 Å². The maximum absolute atomic E-state index is 13.9. The number of esters is 1. The zero-order valence-corrected chi connectivity index (χ0v) is 24.8. The van der Waals surface area contributed by atoms with Gasteiger partial charge in [-0.3, -0.25) is 9.36 Å². The molecule has 5 rings (SSSR count). The summed E-state index contributed by atoms with van der Waals surface area (Å²) in [6, 6.07) is 22.1. The fourth-order valence-electron chi connectivity index (χ4n) is 4.78. The summed E-state index contributed by atoms with van der Waals surface area (Å²) in [7, 11) is 1.59. The second kappa shape index (κ2) is 12.9. The number of carbonyl (C=O) groups excluding carboxylic acids is 1. The molecular formula is C33H32N2O6S. The van der Waals surface area contributed by atoms with E-state index in [0.717, 1.165) is 16.7 Å². The van der Waals surface area contributed by atoms with Crippen LogP contribution >= 0.6 is 11.3 Å². The van der Waals surface area contributed by atoms with Crippen molar-refractivity contribution in [2.24, 2.45) is 4.99 Å². The molecule has 216 valence electrons. The van der Waals surface area contributed by atoms with Gasteiger partial charge in [-0.25, -0.2) is 9.79 Å². The van der Waals surface area contributed by atoms with Crippen molar-refractivity contribution in [2.75, 3.05) is 20.3 Å².